The molecule has 0 aromatic heterocycles. The highest BCUT2D eigenvalue weighted by molar-refractivity contribution is 5.90. The first kappa shape index (κ1) is 32.8. The number of benzene rings is 5. The van der Waals surface area contributed by atoms with E-state index in [1.165, 1.54) is 78.3 Å². The van der Waals surface area contributed by atoms with Gasteiger partial charge in [-0.3, -0.25) is 0 Å². The molecule has 10 rings (SSSR count). The third kappa shape index (κ3) is 5.22. The monoisotopic (exact) mass is 698 g/mol. The summed E-state index contributed by atoms with van der Waals surface area (Å²) >= 11 is 0. The Morgan fingerprint density at radius 3 is 2.22 bits per heavy atom. The minimum atomic E-state index is -0.0995. The zero-order valence-corrected chi connectivity index (χ0v) is 31.4. The Labute approximate surface area is 320 Å². The molecule has 0 amide bonds. The van der Waals surface area contributed by atoms with Gasteiger partial charge in [0, 0.05) is 52.2 Å². The predicted molar refractivity (Wildman–Crippen MR) is 228 cm³/mol. The molecule has 2 heteroatoms. The SMILES string of the molecule is CN(C1=CCCC2=C1C1=C(C3c4ccc(C5=CC=CCC5)cc4-c4cc(-c5ccccc5)ccc4NC3C=C1)C2(C)C)c1ccccc1-c1ccccc1. The van der Waals surface area contributed by atoms with Crippen molar-refractivity contribution in [3.63, 3.8) is 0 Å². The van der Waals surface area contributed by atoms with Crippen LogP contribution in [0.5, 0.6) is 0 Å². The third-order valence-corrected chi connectivity index (χ3v) is 12.6. The zero-order chi connectivity index (χ0) is 36.4. The van der Waals surface area contributed by atoms with Gasteiger partial charge in [-0.25, -0.2) is 0 Å². The first-order chi connectivity index (χ1) is 26.5. The number of hydrogen-bond acceptors (Lipinski definition) is 2. The molecule has 0 saturated carbocycles. The van der Waals surface area contributed by atoms with Gasteiger partial charge in [0.2, 0.25) is 0 Å². The number of allylic oxidation sites excluding steroid dienone is 8. The van der Waals surface area contributed by atoms with Crippen LogP contribution in [-0.4, -0.2) is 13.1 Å². The lowest BCUT2D eigenvalue weighted by atomic mass is 9.67. The van der Waals surface area contributed by atoms with E-state index in [4.69, 9.17) is 0 Å². The second-order valence-corrected chi connectivity index (χ2v) is 16.0. The van der Waals surface area contributed by atoms with Gasteiger partial charge in [-0.1, -0.05) is 153 Å². The average Bonchev–Trinajstić information content (AvgIpc) is 3.37. The molecule has 264 valence electrons. The van der Waals surface area contributed by atoms with Crippen LogP contribution in [0.15, 0.2) is 186 Å². The summed E-state index contributed by atoms with van der Waals surface area (Å²) in [7, 11) is 2.27. The van der Waals surface area contributed by atoms with E-state index in [9.17, 15) is 0 Å². The fourth-order valence-corrected chi connectivity index (χ4v) is 10.0. The maximum absolute atomic E-state index is 4.11. The lowest BCUT2D eigenvalue weighted by Gasteiger charge is -2.38. The topological polar surface area (TPSA) is 15.3 Å². The molecule has 1 N–H and O–H groups in total. The minimum absolute atomic E-state index is 0.0995. The Morgan fingerprint density at radius 1 is 0.685 bits per heavy atom. The summed E-state index contributed by atoms with van der Waals surface area (Å²) in [6.07, 6.45) is 18.5. The Morgan fingerprint density at radius 2 is 1.43 bits per heavy atom. The smallest absolute Gasteiger partial charge is 0.0554 e. The van der Waals surface area contributed by atoms with Crippen LogP contribution in [0.1, 0.15) is 56.6 Å². The quantitative estimate of drug-likeness (QED) is 0.197. The van der Waals surface area contributed by atoms with Gasteiger partial charge in [0.05, 0.1) is 6.04 Å². The molecule has 4 aliphatic carbocycles. The molecular weight excluding hydrogens is 653 g/mol. The van der Waals surface area contributed by atoms with Crippen molar-refractivity contribution in [2.45, 2.75) is 51.5 Å². The van der Waals surface area contributed by atoms with Gasteiger partial charge in [0.25, 0.3) is 0 Å². The molecule has 0 saturated heterocycles. The van der Waals surface area contributed by atoms with Crippen LogP contribution in [0.25, 0.3) is 39.0 Å². The number of nitrogens with zero attached hydrogens (tertiary/aromatic N) is 1. The highest BCUT2D eigenvalue weighted by Crippen LogP contribution is 2.61. The number of anilines is 2. The van der Waals surface area contributed by atoms with Crippen molar-refractivity contribution in [2.24, 2.45) is 5.41 Å². The molecule has 1 heterocycles. The van der Waals surface area contributed by atoms with Gasteiger partial charge < -0.3 is 10.2 Å². The van der Waals surface area contributed by atoms with Crippen molar-refractivity contribution in [1.29, 1.82) is 0 Å². The number of hydrogen-bond donors (Lipinski definition) is 1. The van der Waals surface area contributed by atoms with Crippen LogP contribution >= 0.6 is 0 Å². The van der Waals surface area contributed by atoms with Gasteiger partial charge in [-0.2, -0.15) is 0 Å². The predicted octanol–water partition coefficient (Wildman–Crippen LogP) is 13.3. The molecule has 2 nitrogen and oxygen atoms in total. The maximum Gasteiger partial charge on any atom is 0.0554 e. The number of fused-ring (bicyclic) bond motifs is 7. The molecule has 54 heavy (non-hydrogen) atoms. The molecule has 2 atom stereocenters. The fourth-order valence-electron chi connectivity index (χ4n) is 10.0. The van der Waals surface area contributed by atoms with Crippen LogP contribution in [0.4, 0.5) is 11.4 Å². The summed E-state index contributed by atoms with van der Waals surface area (Å²) < 4.78 is 0. The number of likely N-dealkylation sites (N-methyl/N-ethyl adjacent to an activating group) is 1. The third-order valence-electron chi connectivity index (χ3n) is 12.6. The van der Waals surface area contributed by atoms with E-state index in [0.717, 1.165) is 25.7 Å². The Balaban J connectivity index is 1.13. The number of rotatable bonds is 5. The summed E-state index contributed by atoms with van der Waals surface area (Å²) in [5.74, 6) is 0.186. The van der Waals surface area contributed by atoms with Crippen LogP contribution in [0.3, 0.4) is 0 Å². The van der Waals surface area contributed by atoms with Crippen molar-refractivity contribution in [1.82, 2.24) is 0 Å². The van der Waals surface area contributed by atoms with Gasteiger partial charge in [0.1, 0.15) is 0 Å². The molecule has 0 fully saturated rings. The molecule has 2 unspecified atom stereocenters. The van der Waals surface area contributed by atoms with E-state index in [0.29, 0.717) is 0 Å². The second kappa shape index (κ2) is 12.9. The maximum atomic E-state index is 4.11. The Hall–Kier alpha value is -5.86. The summed E-state index contributed by atoms with van der Waals surface area (Å²) in [6.45, 7) is 5.00. The van der Waals surface area contributed by atoms with E-state index in [1.54, 1.807) is 11.1 Å². The van der Waals surface area contributed by atoms with Crippen LogP contribution < -0.4 is 10.2 Å². The first-order valence-corrected chi connectivity index (χ1v) is 19.7. The summed E-state index contributed by atoms with van der Waals surface area (Å²) in [6, 6.07) is 45.1. The molecule has 1 aliphatic heterocycles. The van der Waals surface area contributed by atoms with Gasteiger partial charge in [0.15, 0.2) is 0 Å². The van der Waals surface area contributed by atoms with Crippen LogP contribution in [-0.2, 0) is 0 Å². The van der Waals surface area contributed by atoms with Crippen LogP contribution in [0, 0.1) is 5.41 Å². The molecule has 5 aliphatic rings. The zero-order valence-electron chi connectivity index (χ0n) is 31.4. The summed E-state index contributed by atoms with van der Waals surface area (Å²) in [4.78, 5) is 2.46. The molecule has 5 aromatic carbocycles. The van der Waals surface area contributed by atoms with E-state index in [1.807, 2.05) is 0 Å². The Bertz CT molecular complexity index is 2500. The van der Waals surface area contributed by atoms with Gasteiger partial charge in [-0.15, -0.1) is 0 Å². The largest absolute Gasteiger partial charge is 0.377 e. The van der Waals surface area contributed by atoms with E-state index in [2.05, 4.69) is 189 Å². The first-order valence-electron chi connectivity index (χ1n) is 19.7. The van der Waals surface area contributed by atoms with Crippen molar-refractivity contribution in [3.8, 4) is 33.4 Å². The second-order valence-electron chi connectivity index (χ2n) is 16.0. The van der Waals surface area contributed by atoms with Crippen molar-refractivity contribution in [2.75, 3.05) is 17.3 Å². The van der Waals surface area contributed by atoms with Crippen molar-refractivity contribution >= 4 is 16.9 Å². The normalized spacial score (nSPS) is 20.4. The minimum Gasteiger partial charge on any atom is -0.377 e. The average molecular weight is 699 g/mol. The summed E-state index contributed by atoms with van der Waals surface area (Å²) in [5, 5.41) is 4.11. The van der Waals surface area contributed by atoms with Crippen molar-refractivity contribution < 1.29 is 0 Å². The van der Waals surface area contributed by atoms with Gasteiger partial charge >= 0.3 is 0 Å². The summed E-state index contributed by atoms with van der Waals surface area (Å²) in [5.41, 5.74) is 21.5. The van der Waals surface area contributed by atoms with E-state index >= 15 is 0 Å². The number of nitrogens with one attached hydrogen (secondary N) is 1. The number of para-hydroxylation sites is 1. The van der Waals surface area contributed by atoms with Crippen LogP contribution in [0.2, 0.25) is 0 Å². The van der Waals surface area contributed by atoms with E-state index in [-0.39, 0.29) is 17.4 Å². The van der Waals surface area contributed by atoms with Crippen molar-refractivity contribution in [3.05, 3.63) is 197 Å². The highest BCUT2D eigenvalue weighted by Gasteiger charge is 2.49. The molecule has 0 spiro atoms. The molecule has 0 bridgehead atoms. The lowest BCUT2D eigenvalue weighted by Crippen LogP contribution is -2.33. The lowest BCUT2D eigenvalue weighted by molar-refractivity contribution is 0.473. The highest BCUT2D eigenvalue weighted by atomic mass is 15.1. The molecule has 5 aromatic rings. The van der Waals surface area contributed by atoms with E-state index < -0.39 is 0 Å². The molecular formula is C52H46N2. The standard InChI is InChI=1S/C52H46N2/c1-52(2)44-23-15-25-48(54(3)47-24-14-13-22-39(47)36-20-11-6-12-21-36)49(44)41-29-31-46-50(51(41)52)40-28-26-37(34-16-7-4-8-17-34)32-42(40)43-33-38(27-30-45(43)53-46)35-18-9-5-10-19-35/h4-7,9-14,16,18-22,24-33,46,50,53H,8,15,17,23H2,1-3H3. The fraction of sp³-hybridized carbons (Fsp3) is 0.192. The molecule has 0 radical (unpaired) electrons. The van der Waals surface area contributed by atoms with Gasteiger partial charge in [-0.05, 0) is 100 Å². The Kier molecular flexibility index (Phi) is 7.84.